The number of carboxylic acids is 1. The fourth-order valence-corrected chi connectivity index (χ4v) is 1.49. The van der Waals surface area contributed by atoms with E-state index in [2.05, 4.69) is 5.32 Å². The minimum atomic E-state index is -1.92. The van der Waals surface area contributed by atoms with Gasteiger partial charge in [-0.05, 0) is 52.0 Å². The molecule has 0 radical (unpaired) electrons. The Morgan fingerprint density at radius 2 is 1.71 bits per heavy atom. The van der Waals surface area contributed by atoms with E-state index in [0.29, 0.717) is 11.3 Å². The van der Waals surface area contributed by atoms with Crippen LogP contribution in [0.25, 0.3) is 0 Å². The second kappa shape index (κ2) is 5.83. The van der Waals surface area contributed by atoms with Gasteiger partial charge in [-0.15, -0.1) is 0 Å². The molecule has 0 bridgehead atoms. The second-order valence-electron chi connectivity index (χ2n) is 5.75. The molecule has 0 saturated carbocycles. The molecule has 0 saturated heterocycles. The summed E-state index contributed by atoms with van der Waals surface area (Å²) in [7, 11) is 0. The number of nitriles is 1. The van der Waals surface area contributed by atoms with E-state index < -0.39 is 23.1 Å². The van der Waals surface area contributed by atoms with E-state index in [1.54, 1.807) is 20.8 Å². The van der Waals surface area contributed by atoms with Gasteiger partial charge in [0.15, 0.2) is 0 Å². The molecule has 0 heterocycles. The molecular weight excluding hydrogens is 272 g/mol. The third-order valence-electron chi connectivity index (χ3n) is 2.64. The smallest absolute Gasteiger partial charge is 0.343 e. The molecule has 6 heteroatoms. The van der Waals surface area contributed by atoms with Crippen LogP contribution in [0.4, 0.5) is 5.69 Å². The first-order valence-electron chi connectivity index (χ1n) is 6.34. The number of esters is 1. The van der Waals surface area contributed by atoms with E-state index in [9.17, 15) is 14.7 Å². The highest BCUT2D eigenvalue weighted by Gasteiger charge is 2.44. The number of carbonyl (C=O) groups excluding carboxylic acids is 1. The lowest BCUT2D eigenvalue weighted by atomic mass is 10.0. The van der Waals surface area contributed by atoms with Crippen molar-refractivity contribution >= 4 is 17.6 Å². The molecule has 0 aromatic heterocycles. The molecule has 0 unspecified atom stereocenters. The van der Waals surface area contributed by atoms with Crippen LogP contribution in [0.5, 0.6) is 0 Å². The van der Waals surface area contributed by atoms with Crippen molar-refractivity contribution < 1.29 is 19.4 Å². The first-order chi connectivity index (χ1) is 9.58. The van der Waals surface area contributed by atoms with Crippen LogP contribution in [-0.2, 0) is 14.3 Å². The predicted molar refractivity (Wildman–Crippen MR) is 76.7 cm³/mol. The molecule has 0 aliphatic carbocycles. The largest absolute Gasteiger partial charge is 0.479 e. The molecule has 1 rings (SSSR count). The zero-order valence-corrected chi connectivity index (χ0v) is 12.4. The number of benzene rings is 1. The summed E-state index contributed by atoms with van der Waals surface area (Å²) in [6.45, 7) is 6.22. The normalized spacial score (nSPS) is 13.7. The van der Waals surface area contributed by atoms with Crippen molar-refractivity contribution in [1.82, 2.24) is 0 Å². The Balaban J connectivity index is 3.02. The quantitative estimate of drug-likeness (QED) is 0.651. The van der Waals surface area contributed by atoms with Crippen LogP contribution in [0.2, 0.25) is 0 Å². The molecule has 6 nitrogen and oxygen atoms in total. The number of anilines is 1. The SMILES string of the molecule is CC(C)(C)OC(=O)[C@@](C)(Nc1ccc(C#N)cc1)C(=O)O. The van der Waals surface area contributed by atoms with Crippen molar-refractivity contribution in [1.29, 1.82) is 5.26 Å². The van der Waals surface area contributed by atoms with Crippen molar-refractivity contribution in [2.75, 3.05) is 5.32 Å². The summed E-state index contributed by atoms with van der Waals surface area (Å²) >= 11 is 0. The highest BCUT2D eigenvalue weighted by Crippen LogP contribution is 2.21. The molecule has 2 N–H and O–H groups in total. The van der Waals surface area contributed by atoms with Crippen molar-refractivity contribution in [2.45, 2.75) is 38.8 Å². The number of carbonyl (C=O) groups is 2. The molecule has 1 aromatic carbocycles. The lowest BCUT2D eigenvalue weighted by molar-refractivity contribution is -0.166. The van der Waals surface area contributed by atoms with Crippen LogP contribution in [0, 0.1) is 11.3 Å². The first kappa shape index (κ1) is 16.5. The van der Waals surface area contributed by atoms with Gasteiger partial charge in [-0.3, -0.25) is 0 Å². The number of hydrogen-bond donors (Lipinski definition) is 2. The zero-order valence-electron chi connectivity index (χ0n) is 12.4. The monoisotopic (exact) mass is 290 g/mol. The van der Waals surface area contributed by atoms with E-state index in [4.69, 9.17) is 10.00 Å². The van der Waals surface area contributed by atoms with Gasteiger partial charge in [0.1, 0.15) is 5.60 Å². The number of hydrogen-bond acceptors (Lipinski definition) is 5. The van der Waals surface area contributed by atoms with Gasteiger partial charge < -0.3 is 15.2 Å². The zero-order chi connectivity index (χ0) is 16.3. The topological polar surface area (TPSA) is 99.4 Å². The molecule has 1 aromatic rings. The molecule has 1 atom stereocenters. The predicted octanol–water partition coefficient (Wildman–Crippen LogP) is 2.16. The van der Waals surface area contributed by atoms with Gasteiger partial charge in [-0.1, -0.05) is 0 Å². The molecule has 21 heavy (non-hydrogen) atoms. The Hall–Kier alpha value is -2.55. The maximum Gasteiger partial charge on any atom is 0.343 e. The number of carboxylic acid groups (broad SMARTS) is 1. The summed E-state index contributed by atoms with van der Waals surface area (Å²) in [6.07, 6.45) is 0. The van der Waals surface area contributed by atoms with Gasteiger partial charge in [-0.25, -0.2) is 9.59 Å². The minimum Gasteiger partial charge on any atom is -0.479 e. The second-order valence-corrected chi connectivity index (χ2v) is 5.75. The number of nitrogens with one attached hydrogen (secondary N) is 1. The van der Waals surface area contributed by atoms with Gasteiger partial charge in [0, 0.05) is 5.69 Å². The highest BCUT2D eigenvalue weighted by molar-refractivity contribution is 6.06. The third kappa shape index (κ3) is 4.21. The molecule has 0 aliphatic heterocycles. The number of rotatable bonds is 4. The average molecular weight is 290 g/mol. The summed E-state index contributed by atoms with van der Waals surface area (Å²) in [5.74, 6) is -2.23. The van der Waals surface area contributed by atoms with Crippen LogP contribution in [0.1, 0.15) is 33.3 Å². The summed E-state index contributed by atoms with van der Waals surface area (Å²) in [5.41, 5.74) is -1.86. The lowest BCUT2D eigenvalue weighted by Gasteiger charge is -2.29. The summed E-state index contributed by atoms with van der Waals surface area (Å²) < 4.78 is 5.15. The van der Waals surface area contributed by atoms with Crippen molar-refractivity contribution in [2.24, 2.45) is 0 Å². The third-order valence-corrected chi connectivity index (χ3v) is 2.64. The van der Waals surface area contributed by atoms with Crippen LogP contribution in [0.3, 0.4) is 0 Å². The van der Waals surface area contributed by atoms with Gasteiger partial charge in [0.2, 0.25) is 5.54 Å². The molecule has 0 fully saturated rings. The molecule has 0 spiro atoms. The van der Waals surface area contributed by atoms with Gasteiger partial charge in [0.05, 0.1) is 11.6 Å². The summed E-state index contributed by atoms with van der Waals surface area (Å²) in [5, 5.41) is 20.7. The summed E-state index contributed by atoms with van der Waals surface area (Å²) in [6, 6.07) is 8.08. The van der Waals surface area contributed by atoms with E-state index >= 15 is 0 Å². The number of ether oxygens (including phenoxy) is 1. The Morgan fingerprint density at radius 1 is 1.19 bits per heavy atom. The van der Waals surface area contributed by atoms with Crippen molar-refractivity contribution in [3.05, 3.63) is 29.8 Å². The van der Waals surface area contributed by atoms with E-state index in [1.165, 1.54) is 31.2 Å². The van der Waals surface area contributed by atoms with Crippen LogP contribution in [0.15, 0.2) is 24.3 Å². The first-order valence-corrected chi connectivity index (χ1v) is 6.34. The molecule has 0 aliphatic rings. The van der Waals surface area contributed by atoms with Gasteiger partial charge >= 0.3 is 11.9 Å². The van der Waals surface area contributed by atoms with Crippen LogP contribution in [-0.4, -0.2) is 28.2 Å². The minimum absolute atomic E-state index is 0.407. The Morgan fingerprint density at radius 3 is 2.10 bits per heavy atom. The van der Waals surface area contributed by atoms with Crippen LogP contribution < -0.4 is 5.32 Å². The van der Waals surface area contributed by atoms with Crippen LogP contribution >= 0.6 is 0 Å². The van der Waals surface area contributed by atoms with Crippen molar-refractivity contribution in [3.63, 3.8) is 0 Å². The van der Waals surface area contributed by atoms with Crippen molar-refractivity contribution in [3.8, 4) is 6.07 Å². The van der Waals surface area contributed by atoms with E-state index in [-0.39, 0.29) is 0 Å². The number of aliphatic carboxylic acids is 1. The maximum absolute atomic E-state index is 12.1. The molecule has 0 amide bonds. The maximum atomic E-state index is 12.1. The highest BCUT2D eigenvalue weighted by atomic mass is 16.6. The summed E-state index contributed by atoms with van der Waals surface area (Å²) in [4.78, 5) is 23.6. The lowest BCUT2D eigenvalue weighted by Crippen LogP contribution is -2.53. The van der Waals surface area contributed by atoms with Gasteiger partial charge in [-0.2, -0.15) is 5.26 Å². The standard InChI is InChI=1S/C15H18N2O4/c1-14(2,3)21-13(20)15(4,12(18)19)17-11-7-5-10(9-16)6-8-11/h5-8,17H,1-4H3,(H,18,19)/t15-/m0/s1. The Bertz CT molecular complexity index is 581. The van der Waals surface area contributed by atoms with E-state index in [0.717, 1.165) is 0 Å². The Kier molecular flexibility index (Phi) is 4.58. The van der Waals surface area contributed by atoms with E-state index in [1.807, 2.05) is 6.07 Å². The molecular formula is C15H18N2O4. The number of nitrogens with zero attached hydrogens (tertiary/aromatic N) is 1. The fourth-order valence-electron chi connectivity index (χ4n) is 1.49. The van der Waals surface area contributed by atoms with Gasteiger partial charge in [0.25, 0.3) is 0 Å². The Labute approximate surface area is 123 Å². The fraction of sp³-hybridized carbons (Fsp3) is 0.400. The molecule has 112 valence electrons. The average Bonchev–Trinajstić information content (AvgIpc) is 2.37.